The number of carbonyl (C=O) groups is 1. The van der Waals surface area contributed by atoms with E-state index >= 15 is 0 Å². The molecule has 2 heterocycles. The molecule has 2 saturated heterocycles. The highest BCUT2D eigenvalue weighted by molar-refractivity contribution is 5.81. The van der Waals surface area contributed by atoms with Gasteiger partial charge in [0.2, 0.25) is 0 Å². The number of hydrogen-bond acceptors (Lipinski definition) is 5. The third-order valence-electron chi connectivity index (χ3n) is 7.16. The summed E-state index contributed by atoms with van der Waals surface area (Å²) in [4.78, 5) is 17.7. The highest BCUT2D eigenvalue weighted by Crippen LogP contribution is 2.24. The molecule has 2 N–H and O–H groups in total. The van der Waals surface area contributed by atoms with Gasteiger partial charge in [-0.3, -0.25) is 9.69 Å². The summed E-state index contributed by atoms with van der Waals surface area (Å²) < 4.78 is 6.09. The normalized spacial score (nSPS) is 29.0. The lowest BCUT2D eigenvalue weighted by Gasteiger charge is -2.37. The predicted molar refractivity (Wildman–Crippen MR) is 122 cm³/mol. The Morgan fingerprint density at radius 2 is 1.68 bits per heavy atom. The topological polar surface area (TPSA) is 65.0 Å². The summed E-state index contributed by atoms with van der Waals surface area (Å²) in [5, 5.41) is 13.5. The van der Waals surface area contributed by atoms with Crippen molar-refractivity contribution < 1.29 is 14.6 Å². The number of aliphatic hydroxyl groups is 1. The van der Waals surface area contributed by atoms with E-state index in [1.54, 1.807) is 0 Å². The van der Waals surface area contributed by atoms with Crippen LogP contribution in [0.5, 0.6) is 0 Å². The van der Waals surface area contributed by atoms with Crippen LogP contribution in [-0.2, 0) is 16.1 Å². The van der Waals surface area contributed by atoms with Crippen LogP contribution in [0, 0.1) is 0 Å². The maximum atomic E-state index is 12.7. The third kappa shape index (κ3) is 6.75. The average molecular weight is 430 g/mol. The zero-order chi connectivity index (χ0) is 21.5. The molecule has 1 saturated carbocycles. The summed E-state index contributed by atoms with van der Waals surface area (Å²) in [6, 6.07) is 10.9. The molecule has 1 amide bonds. The number of carbonyl (C=O) groups excluding carboxylic acids is 1. The van der Waals surface area contributed by atoms with E-state index in [0.29, 0.717) is 6.42 Å². The van der Waals surface area contributed by atoms with Gasteiger partial charge in [0, 0.05) is 45.3 Å². The Kier molecular flexibility index (Phi) is 8.36. The molecule has 3 aliphatic rings. The summed E-state index contributed by atoms with van der Waals surface area (Å²) in [7, 11) is 0. The van der Waals surface area contributed by atoms with E-state index in [9.17, 15) is 9.90 Å². The number of amides is 1. The Balaban J connectivity index is 1.17. The van der Waals surface area contributed by atoms with Gasteiger partial charge in [-0.25, -0.2) is 0 Å². The minimum atomic E-state index is -0.705. The quantitative estimate of drug-likeness (QED) is 0.697. The molecular weight excluding hydrogens is 390 g/mol. The van der Waals surface area contributed by atoms with Gasteiger partial charge in [-0.2, -0.15) is 0 Å². The number of aliphatic hydroxyl groups excluding tert-OH is 1. The van der Waals surface area contributed by atoms with E-state index in [4.69, 9.17) is 4.74 Å². The van der Waals surface area contributed by atoms with Crippen LogP contribution in [0.15, 0.2) is 30.3 Å². The summed E-state index contributed by atoms with van der Waals surface area (Å²) in [6.07, 6.45) is 6.82. The summed E-state index contributed by atoms with van der Waals surface area (Å²) in [5.74, 6) is -0.112. The fraction of sp³-hybridized carbons (Fsp3) is 0.720. The minimum Gasteiger partial charge on any atom is -0.390 e. The van der Waals surface area contributed by atoms with Gasteiger partial charge in [0.15, 0.2) is 6.10 Å². The zero-order valence-corrected chi connectivity index (χ0v) is 18.8. The molecule has 1 aromatic carbocycles. The summed E-state index contributed by atoms with van der Waals surface area (Å²) in [5.41, 5.74) is 1.38. The van der Waals surface area contributed by atoms with E-state index in [1.165, 1.54) is 24.8 Å². The molecule has 3 fully saturated rings. The number of piperazine rings is 1. The first-order chi connectivity index (χ1) is 15.2. The van der Waals surface area contributed by atoms with Crippen molar-refractivity contribution in [3.8, 4) is 0 Å². The number of nitrogens with one attached hydrogen (secondary N) is 1. The van der Waals surface area contributed by atoms with Crippen molar-refractivity contribution in [1.29, 1.82) is 0 Å². The average Bonchev–Trinajstić information content (AvgIpc) is 2.81. The van der Waals surface area contributed by atoms with Crippen LogP contribution in [0.3, 0.4) is 0 Å². The third-order valence-corrected chi connectivity index (χ3v) is 7.16. The highest BCUT2D eigenvalue weighted by Gasteiger charge is 2.36. The van der Waals surface area contributed by atoms with Crippen molar-refractivity contribution >= 4 is 5.91 Å². The molecule has 172 valence electrons. The van der Waals surface area contributed by atoms with E-state index in [-0.39, 0.29) is 18.1 Å². The first kappa shape index (κ1) is 22.7. The van der Waals surface area contributed by atoms with Gasteiger partial charge in [-0.1, -0.05) is 49.6 Å². The van der Waals surface area contributed by atoms with Crippen LogP contribution in [0.4, 0.5) is 0 Å². The number of ether oxygens (including phenoxy) is 1. The van der Waals surface area contributed by atoms with Crippen LogP contribution in [0.2, 0.25) is 0 Å². The lowest BCUT2D eigenvalue weighted by molar-refractivity contribution is -0.159. The molecule has 3 unspecified atom stereocenters. The number of rotatable bonds is 7. The van der Waals surface area contributed by atoms with Gasteiger partial charge in [-0.05, 0) is 37.7 Å². The molecule has 4 rings (SSSR count). The van der Waals surface area contributed by atoms with Crippen molar-refractivity contribution in [3.63, 3.8) is 0 Å². The molecule has 0 radical (unpaired) electrons. The second-order valence-electron chi connectivity index (χ2n) is 9.56. The molecule has 2 aliphatic heterocycles. The van der Waals surface area contributed by atoms with Crippen LogP contribution in [0.25, 0.3) is 0 Å². The van der Waals surface area contributed by atoms with Gasteiger partial charge in [0.1, 0.15) is 0 Å². The second-order valence-corrected chi connectivity index (χ2v) is 9.56. The first-order valence-corrected chi connectivity index (χ1v) is 12.3. The molecule has 1 aromatic rings. The SMILES string of the molecule is O=C(NC1CCCCC1)C1OC(CCN2CCN(Cc3ccccc3)CC2)CCC1O. The molecule has 1 aliphatic carbocycles. The standard InChI is InChI=1S/C25H39N3O3/c29-23-12-11-22(31-24(23)25(30)26-21-9-5-2-6-10-21)13-14-27-15-17-28(18-16-27)19-20-7-3-1-4-8-20/h1,3-4,7-8,21-24,29H,2,5-6,9-19H2,(H,26,30). The highest BCUT2D eigenvalue weighted by atomic mass is 16.5. The second kappa shape index (κ2) is 11.4. The van der Waals surface area contributed by atoms with Crippen molar-refractivity contribution in [2.24, 2.45) is 0 Å². The number of benzene rings is 1. The predicted octanol–water partition coefficient (Wildman–Crippen LogP) is 2.55. The van der Waals surface area contributed by atoms with Gasteiger partial charge in [-0.15, -0.1) is 0 Å². The van der Waals surface area contributed by atoms with Crippen molar-refractivity contribution in [1.82, 2.24) is 15.1 Å². The molecule has 6 nitrogen and oxygen atoms in total. The molecular formula is C25H39N3O3. The fourth-order valence-electron chi connectivity index (χ4n) is 5.19. The van der Waals surface area contributed by atoms with E-state index < -0.39 is 12.2 Å². The molecule has 31 heavy (non-hydrogen) atoms. The first-order valence-electron chi connectivity index (χ1n) is 12.3. The van der Waals surface area contributed by atoms with Crippen LogP contribution in [0.1, 0.15) is 56.9 Å². The molecule has 6 heteroatoms. The molecule has 0 aromatic heterocycles. The Hall–Kier alpha value is -1.47. The Labute approximate surface area is 186 Å². The summed E-state index contributed by atoms with van der Waals surface area (Å²) in [6.45, 7) is 6.35. The van der Waals surface area contributed by atoms with Crippen LogP contribution in [-0.4, -0.2) is 77.9 Å². The molecule has 0 bridgehead atoms. The van der Waals surface area contributed by atoms with Crippen LogP contribution >= 0.6 is 0 Å². The Morgan fingerprint density at radius 3 is 2.42 bits per heavy atom. The smallest absolute Gasteiger partial charge is 0.252 e. The van der Waals surface area contributed by atoms with Gasteiger partial charge >= 0.3 is 0 Å². The zero-order valence-electron chi connectivity index (χ0n) is 18.8. The van der Waals surface area contributed by atoms with Crippen molar-refractivity contribution in [3.05, 3.63) is 35.9 Å². The fourth-order valence-corrected chi connectivity index (χ4v) is 5.19. The minimum absolute atomic E-state index is 0.0628. The number of hydrogen-bond donors (Lipinski definition) is 2. The van der Waals surface area contributed by atoms with E-state index in [1.807, 2.05) is 0 Å². The molecule has 3 atom stereocenters. The number of nitrogens with zero attached hydrogens (tertiary/aromatic N) is 2. The largest absolute Gasteiger partial charge is 0.390 e. The summed E-state index contributed by atoms with van der Waals surface area (Å²) >= 11 is 0. The van der Waals surface area contributed by atoms with Gasteiger partial charge in [0.05, 0.1) is 12.2 Å². The van der Waals surface area contributed by atoms with Gasteiger partial charge in [0.25, 0.3) is 5.91 Å². The van der Waals surface area contributed by atoms with E-state index in [0.717, 1.165) is 65.0 Å². The Bertz CT molecular complexity index is 672. The maximum Gasteiger partial charge on any atom is 0.252 e. The maximum absolute atomic E-state index is 12.7. The molecule has 0 spiro atoms. The monoisotopic (exact) mass is 429 g/mol. The lowest BCUT2D eigenvalue weighted by atomic mass is 9.94. The van der Waals surface area contributed by atoms with Crippen LogP contribution < -0.4 is 5.32 Å². The van der Waals surface area contributed by atoms with Gasteiger partial charge < -0.3 is 20.1 Å². The Morgan fingerprint density at radius 1 is 0.968 bits per heavy atom. The van der Waals surface area contributed by atoms with Crippen molar-refractivity contribution in [2.75, 3.05) is 32.7 Å². The van der Waals surface area contributed by atoms with E-state index in [2.05, 4.69) is 45.4 Å². The van der Waals surface area contributed by atoms with Crippen molar-refractivity contribution in [2.45, 2.75) is 82.3 Å². The lowest BCUT2D eigenvalue weighted by Crippen LogP contribution is -2.52.